The largest absolute Gasteiger partial charge is 0.381 e. The van der Waals surface area contributed by atoms with E-state index >= 15 is 0 Å². The minimum absolute atomic E-state index is 0.144. The molecule has 0 aliphatic carbocycles. The quantitative estimate of drug-likeness (QED) is 0.572. The highest BCUT2D eigenvalue weighted by Gasteiger charge is 2.53. The number of unbranched alkanes of at least 4 members (excludes halogenated alkanes) is 3. The molecule has 2 heterocycles. The number of rotatable bonds is 10. The van der Waals surface area contributed by atoms with Crippen molar-refractivity contribution in [2.45, 2.75) is 63.0 Å². The molecule has 2 rings (SSSR count). The Hall–Kier alpha value is -0.700. The van der Waals surface area contributed by atoms with Crippen molar-refractivity contribution in [1.82, 2.24) is 4.31 Å². The Morgan fingerprint density at radius 1 is 1.19 bits per heavy atom. The van der Waals surface area contributed by atoms with E-state index in [9.17, 15) is 13.2 Å². The summed E-state index contributed by atoms with van der Waals surface area (Å²) in [5, 5.41) is 0. The lowest BCUT2D eigenvalue weighted by molar-refractivity contribution is -0.123. The lowest BCUT2D eigenvalue weighted by Gasteiger charge is -2.40. The zero-order valence-corrected chi connectivity index (χ0v) is 16.8. The average molecular weight is 391 g/mol. The van der Waals surface area contributed by atoms with Crippen LogP contribution in [0.15, 0.2) is 0 Å². The van der Waals surface area contributed by atoms with Gasteiger partial charge >= 0.3 is 0 Å². The van der Waals surface area contributed by atoms with Gasteiger partial charge in [-0.2, -0.15) is 0 Å². The highest BCUT2D eigenvalue weighted by atomic mass is 32.2. The van der Waals surface area contributed by atoms with Gasteiger partial charge in [0.25, 0.3) is 0 Å². The summed E-state index contributed by atoms with van der Waals surface area (Å²) in [4.78, 5) is 12.0. The first kappa shape index (κ1) is 21.6. The number of piperidine rings is 1. The first-order chi connectivity index (χ1) is 12.4. The predicted octanol–water partition coefficient (Wildman–Crippen LogP) is 1.66. The van der Waals surface area contributed by atoms with Gasteiger partial charge in [0.15, 0.2) is 4.75 Å². The number of sulfonamides is 1. The smallest absolute Gasteiger partial charge is 0.240 e. The van der Waals surface area contributed by atoms with Crippen molar-refractivity contribution < 1.29 is 22.7 Å². The van der Waals surface area contributed by atoms with Gasteiger partial charge in [0.1, 0.15) is 0 Å². The van der Waals surface area contributed by atoms with Gasteiger partial charge in [-0.15, -0.1) is 0 Å². The van der Waals surface area contributed by atoms with Crippen LogP contribution in [0.4, 0.5) is 0 Å². The summed E-state index contributed by atoms with van der Waals surface area (Å²) in [6.07, 6.45) is 6.56. The van der Waals surface area contributed by atoms with E-state index in [0.29, 0.717) is 25.6 Å². The number of ether oxygens (including phenoxy) is 2. The maximum Gasteiger partial charge on any atom is 0.240 e. The van der Waals surface area contributed by atoms with Crippen LogP contribution in [-0.2, 0) is 24.3 Å². The Labute approximate surface area is 157 Å². The molecule has 0 aromatic rings. The number of nitrogens with zero attached hydrogens (tertiary/aromatic N) is 1. The van der Waals surface area contributed by atoms with Gasteiger partial charge in [-0.1, -0.05) is 26.2 Å². The molecule has 7 nitrogen and oxygen atoms in total. The Balaban J connectivity index is 1.83. The molecule has 0 aromatic carbocycles. The lowest BCUT2D eigenvalue weighted by Crippen LogP contribution is -2.59. The number of hydrogen-bond acceptors (Lipinski definition) is 5. The first-order valence-corrected chi connectivity index (χ1v) is 11.3. The standard InChI is InChI=1S/C18H34N2O5S/c1-2-3-4-5-12-25-15-16-6-10-20(11-7-16)26(22,23)18(17(19)21)8-13-24-14-9-18/h16H,2-15H2,1H3,(H2,19,21). The third kappa shape index (κ3) is 4.97. The van der Waals surface area contributed by atoms with Crippen LogP contribution in [0, 0.1) is 5.92 Å². The Bertz CT molecular complexity index is 538. The number of primary amides is 1. The van der Waals surface area contributed by atoms with Gasteiger partial charge in [0.05, 0.1) is 0 Å². The van der Waals surface area contributed by atoms with Crippen LogP contribution >= 0.6 is 0 Å². The first-order valence-electron chi connectivity index (χ1n) is 9.89. The van der Waals surface area contributed by atoms with E-state index in [-0.39, 0.29) is 26.1 Å². The number of hydrogen-bond donors (Lipinski definition) is 1. The molecule has 2 aliphatic heterocycles. The van der Waals surface area contributed by atoms with Crippen molar-refractivity contribution in [2.24, 2.45) is 11.7 Å². The van der Waals surface area contributed by atoms with E-state index in [4.69, 9.17) is 15.2 Å². The van der Waals surface area contributed by atoms with Crippen LogP contribution in [0.1, 0.15) is 58.3 Å². The minimum Gasteiger partial charge on any atom is -0.381 e. The molecule has 2 fully saturated rings. The number of amides is 1. The Morgan fingerprint density at radius 2 is 1.85 bits per heavy atom. The maximum absolute atomic E-state index is 13.1. The molecule has 0 atom stereocenters. The molecule has 2 N–H and O–H groups in total. The van der Waals surface area contributed by atoms with Gasteiger partial charge in [0, 0.05) is 52.4 Å². The zero-order valence-electron chi connectivity index (χ0n) is 16.0. The monoisotopic (exact) mass is 390 g/mol. The molecule has 2 saturated heterocycles. The fourth-order valence-corrected chi connectivity index (χ4v) is 5.90. The van der Waals surface area contributed by atoms with Crippen LogP contribution in [-0.4, -0.2) is 62.9 Å². The van der Waals surface area contributed by atoms with Gasteiger partial charge in [-0.05, 0) is 25.2 Å². The van der Waals surface area contributed by atoms with Crippen molar-refractivity contribution in [3.63, 3.8) is 0 Å². The van der Waals surface area contributed by atoms with Crippen molar-refractivity contribution in [3.8, 4) is 0 Å². The molecule has 0 aromatic heterocycles. The summed E-state index contributed by atoms with van der Waals surface area (Å²) in [6.45, 7) is 5.03. The fourth-order valence-electron chi connectivity index (χ4n) is 3.78. The van der Waals surface area contributed by atoms with Crippen LogP contribution in [0.25, 0.3) is 0 Å². The molecule has 26 heavy (non-hydrogen) atoms. The van der Waals surface area contributed by atoms with Gasteiger partial charge in [0.2, 0.25) is 15.9 Å². The predicted molar refractivity (Wildman–Crippen MR) is 100 cm³/mol. The van der Waals surface area contributed by atoms with E-state index in [2.05, 4.69) is 6.92 Å². The van der Waals surface area contributed by atoms with Crippen LogP contribution < -0.4 is 5.73 Å². The van der Waals surface area contributed by atoms with E-state index in [1.165, 1.54) is 23.6 Å². The molecule has 8 heteroatoms. The van der Waals surface area contributed by atoms with Gasteiger partial charge in [-0.3, -0.25) is 4.79 Å². The van der Waals surface area contributed by atoms with E-state index in [1.807, 2.05) is 0 Å². The number of carbonyl (C=O) groups is 1. The summed E-state index contributed by atoms with van der Waals surface area (Å²) in [5.74, 6) is -0.370. The molecule has 0 bridgehead atoms. The summed E-state index contributed by atoms with van der Waals surface area (Å²) in [6, 6.07) is 0. The highest BCUT2D eigenvalue weighted by molar-refractivity contribution is 7.91. The van der Waals surface area contributed by atoms with E-state index < -0.39 is 20.7 Å². The Kier molecular flexibility index (Phi) is 8.32. The molecule has 0 spiro atoms. The summed E-state index contributed by atoms with van der Waals surface area (Å²) in [7, 11) is -3.77. The maximum atomic E-state index is 13.1. The topological polar surface area (TPSA) is 98.9 Å². The molecule has 2 aliphatic rings. The van der Waals surface area contributed by atoms with Crippen molar-refractivity contribution in [2.75, 3.05) is 39.5 Å². The fraction of sp³-hybridized carbons (Fsp3) is 0.944. The number of nitrogens with two attached hydrogens (primary N) is 1. The molecule has 0 unspecified atom stereocenters. The van der Waals surface area contributed by atoms with Crippen molar-refractivity contribution in [1.29, 1.82) is 0 Å². The zero-order chi connectivity index (χ0) is 19.0. The van der Waals surface area contributed by atoms with Crippen molar-refractivity contribution in [3.05, 3.63) is 0 Å². The normalized spacial score (nSPS) is 22.3. The van der Waals surface area contributed by atoms with Crippen LogP contribution in [0.2, 0.25) is 0 Å². The highest BCUT2D eigenvalue weighted by Crippen LogP contribution is 2.34. The van der Waals surface area contributed by atoms with Gasteiger partial charge in [-0.25, -0.2) is 12.7 Å². The van der Waals surface area contributed by atoms with E-state index in [0.717, 1.165) is 25.9 Å². The second-order valence-corrected chi connectivity index (χ2v) is 9.70. The minimum atomic E-state index is -3.77. The molecule has 152 valence electrons. The summed E-state index contributed by atoms with van der Waals surface area (Å²) in [5.41, 5.74) is 5.52. The summed E-state index contributed by atoms with van der Waals surface area (Å²) < 4.78 is 37.2. The molecule has 0 radical (unpaired) electrons. The average Bonchev–Trinajstić information content (AvgIpc) is 2.65. The van der Waals surface area contributed by atoms with Crippen LogP contribution in [0.3, 0.4) is 0 Å². The van der Waals surface area contributed by atoms with E-state index in [1.54, 1.807) is 0 Å². The van der Waals surface area contributed by atoms with Gasteiger partial charge < -0.3 is 15.2 Å². The third-order valence-corrected chi connectivity index (χ3v) is 8.29. The third-order valence-electron chi connectivity index (χ3n) is 5.65. The SMILES string of the molecule is CCCCCCOCC1CCN(S(=O)(=O)C2(C(N)=O)CCOCC2)CC1. The lowest BCUT2D eigenvalue weighted by atomic mass is 9.98. The Morgan fingerprint density at radius 3 is 2.42 bits per heavy atom. The number of carbonyl (C=O) groups excluding carboxylic acids is 1. The molecule has 1 amide bonds. The second-order valence-electron chi connectivity index (χ2n) is 7.45. The molecular weight excluding hydrogens is 356 g/mol. The summed E-state index contributed by atoms with van der Waals surface area (Å²) >= 11 is 0. The van der Waals surface area contributed by atoms with Crippen molar-refractivity contribution >= 4 is 15.9 Å². The molecule has 0 saturated carbocycles. The van der Waals surface area contributed by atoms with Crippen LogP contribution in [0.5, 0.6) is 0 Å². The molecular formula is C18H34N2O5S. The second kappa shape index (κ2) is 10.0.